The first kappa shape index (κ1) is 26.4. The highest BCUT2D eigenvalue weighted by atomic mass is 19.1. The average Bonchev–Trinajstić information content (AvgIpc) is 3.77. The molecule has 0 aliphatic carbocycles. The summed E-state index contributed by atoms with van der Waals surface area (Å²) in [4.78, 5) is 26.1. The molecule has 4 aromatic heterocycles. The molecule has 6 heterocycles. The van der Waals surface area contributed by atoms with Crippen molar-refractivity contribution in [2.75, 3.05) is 49.2 Å². The molecule has 0 spiro atoms. The van der Waals surface area contributed by atoms with Gasteiger partial charge in [-0.1, -0.05) is 12.1 Å². The monoisotopic (exact) mass is 570 g/mol. The molecule has 2 aliphatic rings. The molecular formula is C29H31FN10O2. The Morgan fingerprint density at radius 3 is 2.43 bits per heavy atom. The minimum absolute atomic E-state index is 0.190. The van der Waals surface area contributed by atoms with Gasteiger partial charge in [-0.05, 0) is 30.7 Å². The number of hydrogen-bond acceptors (Lipinski definition) is 10. The van der Waals surface area contributed by atoms with Gasteiger partial charge < -0.3 is 30.4 Å². The smallest absolute Gasteiger partial charge is 0.225 e. The summed E-state index contributed by atoms with van der Waals surface area (Å²) < 4.78 is 20.5. The first-order valence-electron chi connectivity index (χ1n) is 13.9. The van der Waals surface area contributed by atoms with E-state index in [4.69, 9.17) is 10.5 Å². The normalized spacial score (nSPS) is 20.8. The third-order valence-corrected chi connectivity index (χ3v) is 8.22. The van der Waals surface area contributed by atoms with Crippen molar-refractivity contribution in [3.05, 3.63) is 78.4 Å². The second kappa shape index (κ2) is 10.4. The van der Waals surface area contributed by atoms with Crippen LogP contribution in [0.4, 0.5) is 16.2 Å². The molecule has 4 N–H and O–H groups in total. The summed E-state index contributed by atoms with van der Waals surface area (Å²) >= 11 is 0. The number of aliphatic hydroxyl groups excluding tert-OH is 1. The highest BCUT2D eigenvalue weighted by Gasteiger charge is 2.29. The number of halogens is 1. The number of anilines is 2. The summed E-state index contributed by atoms with van der Waals surface area (Å²) in [7, 11) is 0. The van der Waals surface area contributed by atoms with Gasteiger partial charge in [0.05, 0.1) is 36.0 Å². The number of nitrogens with zero attached hydrogens (tertiary/aromatic N) is 8. The largest absolute Gasteiger partial charge is 0.388 e. The van der Waals surface area contributed by atoms with Gasteiger partial charge in [0.15, 0.2) is 0 Å². The second-order valence-corrected chi connectivity index (χ2v) is 11.0. The van der Waals surface area contributed by atoms with E-state index in [2.05, 4.69) is 39.8 Å². The van der Waals surface area contributed by atoms with Crippen LogP contribution in [0.15, 0.2) is 61.4 Å². The standard InChI is InChI=1S/C29H31FN10O2/c1-29(31,19-2-4-21(30)5-3-19)20-12-32-28(33-13-20)39-8-6-38(7-9-39)27-22-10-23(37-26(22)34-17-35-27)18-11-36-40(14-18)24-15-42-16-25(24)41/h2-5,10-14,17,24-25,41H,6-9,15-16,31H2,1H3,(H,34,35,37)/t24-,25+,29+/m1/s1. The molecule has 216 valence electrons. The molecule has 1 aromatic carbocycles. The Balaban J connectivity index is 1.05. The molecule has 3 atom stereocenters. The van der Waals surface area contributed by atoms with Crippen molar-refractivity contribution < 1.29 is 14.2 Å². The second-order valence-electron chi connectivity index (χ2n) is 11.0. The summed E-state index contributed by atoms with van der Waals surface area (Å²) in [6.07, 6.45) is 8.19. The highest BCUT2D eigenvalue weighted by molar-refractivity contribution is 5.91. The Hall–Kier alpha value is -4.46. The number of benzene rings is 1. The van der Waals surface area contributed by atoms with Gasteiger partial charge >= 0.3 is 0 Å². The van der Waals surface area contributed by atoms with E-state index in [1.807, 2.05) is 19.2 Å². The number of piperazine rings is 1. The number of nitrogens with one attached hydrogen (secondary N) is 1. The van der Waals surface area contributed by atoms with Crippen molar-refractivity contribution >= 4 is 22.8 Å². The fraction of sp³-hybridized carbons (Fsp3) is 0.345. The molecule has 13 heteroatoms. The van der Waals surface area contributed by atoms with Gasteiger partial charge in [-0.3, -0.25) is 4.68 Å². The van der Waals surface area contributed by atoms with Crippen molar-refractivity contribution in [2.24, 2.45) is 5.73 Å². The van der Waals surface area contributed by atoms with E-state index in [9.17, 15) is 9.50 Å². The summed E-state index contributed by atoms with van der Waals surface area (Å²) in [6.45, 7) is 5.54. The van der Waals surface area contributed by atoms with Crippen LogP contribution in [0.2, 0.25) is 0 Å². The highest BCUT2D eigenvalue weighted by Crippen LogP contribution is 2.31. The third kappa shape index (κ3) is 4.74. The Kier molecular flexibility index (Phi) is 6.56. The molecule has 42 heavy (non-hydrogen) atoms. The first-order valence-corrected chi connectivity index (χ1v) is 13.9. The molecule has 0 saturated carbocycles. The Morgan fingerprint density at radius 2 is 1.71 bits per heavy atom. The average molecular weight is 571 g/mol. The number of aliphatic hydroxyl groups is 1. The molecule has 2 fully saturated rings. The molecule has 5 aromatic rings. The van der Waals surface area contributed by atoms with Gasteiger partial charge in [-0.25, -0.2) is 24.3 Å². The van der Waals surface area contributed by atoms with E-state index < -0.39 is 11.6 Å². The summed E-state index contributed by atoms with van der Waals surface area (Å²) in [5, 5.41) is 15.5. The lowest BCUT2D eigenvalue weighted by Gasteiger charge is -2.35. The lowest BCUT2D eigenvalue weighted by atomic mass is 9.87. The summed E-state index contributed by atoms with van der Waals surface area (Å²) in [5.41, 5.74) is 9.81. The van der Waals surface area contributed by atoms with Crippen LogP contribution in [0.5, 0.6) is 0 Å². The SMILES string of the molecule is C[C@](N)(c1ccc(F)cc1)c1cnc(N2CCN(c3ncnc4[nH]c(-c5cnn([C@@H]6COC[C@@H]6O)c5)cc34)CC2)nc1. The number of ether oxygens (including phenoxy) is 1. The lowest BCUT2D eigenvalue weighted by molar-refractivity contribution is 0.118. The third-order valence-electron chi connectivity index (χ3n) is 8.22. The molecule has 0 amide bonds. The summed E-state index contributed by atoms with van der Waals surface area (Å²) in [6, 6.07) is 8.04. The number of fused-ring (bicyclic) bond motifs is 1. The quantitative estimate of drug-likeness (QED) is 0.278. The van der Waals surface area contributed by atoms with Crippen LogP contribution in [0, 0.1) is 5.82 Å². The lowest BCUT2D eigenvalue weighted by Crippen LogP contribution is -2.47. The van der Waals surface area contributed by atoms with Crippen LogP contribution in [-0.2, 0) is 10.3 Å². The van der Waals surface area contributed by atoms with Crippen LogP contribution in [0.1, 0.15) is 24.1 Å². The van der Waals surface area contributed by atoms with Crippen molar-refractivity contribution in [1.29, 1.82) is 0 Å². The van der Waals surface area contributed by atoms with E-state index in [0.29, 0.717) is 19.2 Å². The molecule has 2 saturated heterocycles. The van der Waals surface area contributed by atoms with E-state index in [1.54, 1.807) is 41.7 Å². The summed E-state index contributed by atoms with van der Waals surface area (Å²) in [5.74, 6) is 1.20. The fourth-order valence-electron chi connectivity index (χ4n) is 5.61. The zero-order chi connectivity index (χ0) is 28.8. The van der Waals surface area contributed by atoms with Crippen LogP contribution >= 0.6 is 0 Å². The minimum atomic E-state index is -0.844. The molecule has 0 unspecified atom stereocenters. The van der Waals surface area contributed by atoms with E-state index in [-0.39, 0.29) is 11.9 Å². The van der Waals surface area contributed by atoms with Gasteiger partial charge in [0.1, 0.15) is 35.8 Å². The minimum Gasteiger partial charge on any atom is -0.388 e. The van der Waals surface area contributed by atoms with Crippen LogP contribution in [0.3, 0.4) is 0 Å². The number of aromatic nitrogens is 7. The fourth-order valence-corrected chi connectivity index (χ4v) is 5.61. The van der Waals surface area contributed by atoms with Crippen molar-refractivity contribution in [2.45, 2.75) is 24.6 Å². The zero-order valence-electron chi connectivity index (χ0n) is 23.1. The Morgan fingerprint density at radius 1 is 0.976 bits per heavy atom. The maximum atomic E-state index is 13.4. The molecule has 12 nitrogen and oxygen atoms in total. The Bertz CT molecular complexity index is 1690. The van der Waals surface area contributed by atoms with Gasteiger partial charge in [-0.2, -0.15) is 5.10 Å². The van der Waals surface area contributed by atoms with Crippen LogP contribution in [0.25, 0.3) is 22.3 Å². The Labute approximate surface area is 241 Å². The predicted octanol–water partition coefficient (Wildman–Crippen LogP) is 2.23. The zero-order valence-corrected chi connectivity index (χ0v) is 23.1. The van der Waals surface area contributed by atoms with Gasteiger partial charge in [-0.15, -0.1) is 0 Å². The van der Waals surface area contributed by atoms with Gasteiger partial charge in [0.25, 0.3) is 0 Å². The molecule has 2 aliphatic heterocycles. The maximum Gasteiger partial charge on any atom is 0.225 e. The van der Waals surface area contributed by atoms with Gasteiger partial charge in [0, 0.05) is 55.9 Å². The molecule has 7 rings (SSSR count). The van der Waals surface area contributed by atoms with Crippen LogP contribution < -0.4 is 15.5 Å². The topological polar surface area (TPSA) is 147 Å². The number of nitrogens with two attached hydrogens (primary N) is 1. The number of H-pyrrole nitrogens is 1. The predicted molar refractivity (Wildman–Crippen MR) is 154 cm³/mol. The number of hydrogen-bond donors (Lipinski definition) is 3. The molecule has 0 bridgehead atoms. The molecular weight excluding hydrogens is 539 g/mol. The van der Waals surface area contributed by atoms with Gasteiger partial charge in [0.2, 0.25) is 5.95 Å². The van der Waals surface area contributed by atoms with Crippen molar-refractivity contribution in [3.63, 3.8) is 0 Å². The first-order chi connectivity index (χ1) is 20.4. The van der Waals surface area contributed by atoms with E-state index in [0.717, 1.165) is 65.4 Å². The van der Waals surface area contributed by atoms with E-state index in [1.165, 1.54) is 12.1 Å². The van der Waals surface area contributed by atoms with E-state index >= 15 is 0 Å². The van der Waals surface area contributed by atoms with Crippen molar-refractivity contribution in [3.8, 4) is 11.3 Å². The maximum absolute atomic E-state index is 13.4. The van der Waals surface area contributed by atoms with Crippen molar-refractivity contribution in [1.82, 2.24) is 34.7 Å². The molecule has 0 radical (unpaired) electrons. The number of aromatic amines is 1. The number of rotatable bonds is 6. The van der Waals surface area contributed by atoms with Crippen LogP contribution in [-0.4, -0.2) is 85.3 Å².